The Balaban J connectivity index is 1.87. The molecule has 0 saturated carbocycles. The Morgan fingerprint density at radius 3 is 2.56 bits per heavy atom. The smallest absolute Gasteiger partial charge is 0.220 e. The monoisotopic (exact) mass is 252 g/mol. The van der Waals surface area contributed by atoms with Gasteiger partial charge in [-0.1, -0.05) is 0 Å². The summed E-state index contributed by atoms with van der Waals surface area (Å²) in [5.74, 6) is -1.07. The first kappa shape index (κ1) is 12.6. The van der Waals surface area contributed by atoms with Gasteiger partial charge >= 0.3 is 0 Å². The number of carbonyl (C=O) groups excluding carboxylic acids is 2. The van der Waals surface area contributed by atoms with Crippen LogP contribution in [0, 0.1) is 5.92 Å². The van der Waals surface area contributed by atoms with Crippen LogP contribution in [0.25, 0.3) is 0 Å². The number of rotatable bonds is 4. The van der Waals surface area contributed by atoms with Gasteiger partial charge in [0.15, 0.2) is 5.76 Å². The largest absolute Gasteiger partial charge is 0.542 e. The lowest BCUT2D eigenvalue weighted by molar-refractivity contribution is -0.920. The summed E-state index contributed by atoms with van der Waals surface area (Å²) in [6, 6.07) is 3.05. The van der Waals surface area contributed by atoms with Crippen LogP contribution in [-0.4, -0.2) is 25.0 Å². The number of primary amides is 1. The van der Waals surface area contributed by atoms with Crippen LogP contribution in [-0.2, 0) is 11.3 Å². The van der Waals surface area contributed by atoms with Gasteiger partial charge in [-0.2, -0.15) is 0 Å². The molecular weight excluding hydrogens is 236 g/mol. The first-order chi connectivity index (χ1) is 8.56. The number of hydrogen-bond donors (Lipinski definition) is 2. The SMILES string of the molecule is NC(=O)C1CC[NH+](Cc2ccc(C(=O)[O-])o2)CC1. The lowest BCUT2D eigenvalue weighted by Gasteiger charge is -2.26. The second kappa shape index (κ2) is 5.22. The molecule has 6 nitrogen and oxygen atoms in total. The summed E-state index contributed by atoms with van der Waals surface area (Å²) in [5, 5.41) is 10.6. The number of carboxylic acid groups (broad SMARTS) is 1. The number of aromatic carboxylic acids is 1. The first-order valence-corrected chi connectivity index (χ1v) is 5.99. The maximum Gasteiger partial charge on any atom is 0.220 e. The number of quaternary nitrogens is 1. The second-order valence-corrected chi connectivity index (χ2v) is 4.66. The maximum absolute atomic E-state index is 11.0. The number of nitrogens with one attached hydrogen (secondary N) is 1. The lowest BCUT2D eigenvalue weighted by atomic mass is 9.96. The zero-order chi connectivity index (χ0) is 13.1. The fourth-order valence-electron chi connectivity index (χ4n) is 2.32. The van der Waals surface area contributed by atoms with Crippen LogP contribution in [0.3, 0.4) is 0 Å². The first-order valence-electron chi connectivity index (χ1n) is 5.99. The number of nitrogens with two attached hydrogens (primary N) is 1. The highest BCUT2D eigenvalue weighted by Gasteiger charge is 2.26. The summed E-state index contributed by atoms with van der Waals surface area (Å²) in [5.41, 5.74) is 5.26. The number of piperidine rings is 1. The highest BCUT2D eigenvalue weighted by molar-refractivity contribution is 5.82. The number of likely N-dealkylation sites (tertiary alicyclic amines) is 1. The normalized spacial score (nSPS) is 23.8. The molecule has 0 aromatic carbocycles. The highest BCUT2D eigenvalue weighted by Crippen LogP contribution is 2.10. The zero-order valence-corrected chi connectivity index (χ0v) is 9.98. The van der Waals surface area contributed by atoms with Gasteiger partial charge in [0.05, 0.1) is 13.1 Å². The molecule has 6 heteroatoms. The van der Waals surface area contributed by atoms with Crippen LogP contribution in [0.5, 0.6) is 0 Å². The van der Waals surface area contributed by atoms with E-state index in [1.54, 1.807) is 6.07 Å². The minimum atomic E-state index is -1.30. The predicted molar refractivity (Wildman–Crippen MR) is 59.4 cm³/mol. The quantitative estimate of drug-likeness (QED) is 0.642. The van der Waals surface area contributed by atoms with Crippen LogP contribution in [0.2, 0.25) is 0 Å². The number of furan rings is 1. The molecule has 0 spiro atoms. The fourth-order valence-corrected chi connectivity index (χ4v) is 2.32. The summed E-state index contributed by atoms with van der Waals surface area (Å²) in [6.45, 7) is 2.31. The van der Waals surface area contributed by atoms with E-state index in [0.29, 0.717) is 12.3 Å². The molecule has 1 amide bonds. The van der Waals surface area contributed by atoms with Gasteiger partial charge < -0.3 is 25.0 Å². The van der Waals surface area contributed by atoms with Gasteiger partial charge in [0, 0.05) is 18.8 Å². The fraction of sp³-hybridized carbons (Fsp3) is 0.500. The van der Waals surface area contributed by atoms with Crippen LogP contribution < -0.4 is 15.7 Å². The topological polar surface area (TPSA) is 101 Å². The van der Waals surface area contributed by atoms with Gasteiger partial charge in [-0.15, -0.1) is 0 Å². The van der Waals surface area contributed by atoms with E-state index in [2.05, 4.69) is 0 Å². The van der Waals surface area contributed by atoms with E-state index in [0.717, 1.165) is 25.9 Å². The number of carbonyl (C=O) groups is 2. The Kier molecular flexibility index (Phi) is 3.66. The van der Waals surface area contributed by atoms with Crippen molar-refractivity contribution in [3.05, 3.63) is 23.7 Å². The Bertz CT molecular complexity index is 447. The lowest BCUT2D eigenvalue weighted by Crippen LogP contribution is -3.11. The van der Waals surface area contributed by atoms with E-state index in [9.17, 15) is 14.7 Å². The van der Waals surface area contributed by atoms with E-state index in [1.165, 1.54) is 11.0 Å². The van der Waals surface area contributed by atoms with Crippen LogP contribution in [0.1, 0.15) is 29.2 Å². The number of carboxylic acids is 1. The highest BCUT2D eigenvalue weighted by atomic mass is 16.4. The second-order valence-electron chi connectivity index (χ2n) is 4.66. The third-order valence-electron chi connectivity index (χ3n) is 3.38. The molecule has 0 atom stereocenters. The molecule has 3 N–H and O–H groups in total. The summed E-state index contributed by atoms with van der Waals surface area (Å²) < 4.78 is 5.15. The molecule has 18 heavy (non-hydrogen) atoms. The molecule has 0 unspecified atom stereocenters. The average molecular weight is 252 g/mol. The van der Waals surface area contributed by atoms with Gasteiger partial charge in [-0.05, 0) is 12.1 Å². The van der Waals surface area contributed by atoms with Crippen molar-refractivity contribution in [3.63, 3.8) is 0 Å². The summed E-state index contributed by atoms with van der Waals surface area (Å²) in [7, 11) is 0. The summed E-state index contributed by atoms with van der Waals surface area (Å²) in [4.78, 5) is 22.9. The van der Waals surface area contributed by atoms with Crippen molar-refractivity contribution in [2.24, 2.45) is 11.7 Å². The van der Waals surface area contributed by atoms with Gasteiger partial charge in [-0.3, -0.25) is 4.79 Å². The maximum atomic E-state index is 11.0. The Hall–Kier alpha value is -1.82. The van der Waals surface area contributed by atoms with Crippen LogP contribution in [0.15, 0.2) is 16.5 Å². The van der Waals surface area contributed by atoms with E-state index in [4.69, 9.17) is 10.2 Å². The van der Waals surface area contributed by atoms with Gasteiger partial charge in [0.1, 0.15) is 18.3 Å². The van der Waals surface area contributed by atoms with Gasteiger partial charge in [0.2, 0.25) is 5.91 Å². The molecule has 1 aliphatic rings. The molecule has 1 fully saturated rings. The van der Waals surface area contributed by atoms with Crippen LogP contribution in [0.4, 0.5) is 0 Å². The molecule has 0 radical (unpaired) electrons. The van der Waals surface area contributed by atoms with Gasteiger partial charge in [-0.25, -0.2) is 0 Å². The van der Waals surface area contributed by atoms with Crippen molar-refractivity contribution in [1.82, 2.24) is 0 Å². The van der Waals surface area contributed by atoms with Crippen LogP contribution >= 0.6 is 0 Å². The van der Waals surface area contributed by atoms with Crippen molar-refractivity contribution in [2.45, 2.75) is 19.4 Å². The van der Waals surface area contributed by atoms with Crippen molar-refractivity contribution in [1.29, 1.82) is 0 Å². The standard InChI is InChI=1S/C12H16N2O4/c13-11(15)8-3-5-14(6-4-8)7-9-1-2-10(18-9)12(16)17/h1-2,8H,3-7H2,(H2,13,15)(H,16,17). The molecule has 2 rings (SSSR count). The van der Waals surface area contributed by atoms with E-state index in [-0.39, 0.29) is 17.6 Å². The van der Waals surface area contributed by atoms with Crippen molar-refractivity contribution in [3.8, 4) is 0 Å². The van der Waals surface area contributed by atoms with Crippen molar-refractivity contribution < 1.29 is 24.0 Å². The van der Waals surface area contributed by atoms with E-state index >= 15 is 0 Å². The Morgan fingerprint density at radius 2 is 2.06 bits per heavy atom. The minimum absolute atomic E-state index is 0.0240. The van der Waals surface area contributed by atoms with Crippen molar-refractivity contribution >= 4 is 11.9 Å². The average Bonchev–Trinajstić information content (AvgIpc) is 2.78. The minimum Gasteiger partial charge on any atom is -0.542 e. The third-order valence-corrected chi connectivity index (χ3v) is 3.38. The molecule has 1 aromatic rings. The Morgan fingerprint density at radius 1 is 1.39 bits per heavy atom. The molecule has 1 aromatic heterocycles. The molecule has 0 aliphatic carbocycles. The predicted octanol–water partition coefficient (Wildman–Crippen LogP) is -2.08. The number of hydrogen-bond acceptors (Lipinski definition) is 4. The Labute approximate surface area is 104 Å². The summed E-state index contributed by atoms with van der Waals surface area (Å²) in [6.07, 6.45) is 1.55. The molecule has 1 aliphatic heterocycles. The molecule has 1 saturated heterocycles. The van der Waals surface area contributed by atoms with Crippen molar-refractivity contribution in [2.75, 3.05) is 13.1 Å². The van der Waals surface area contributed by atoms with E-state index < -0.39 is 5.97 Å². The zero-order valence-electron chi connectivity index (χ0n) is 9.98. The van der Waals surface area contributed by atoms with Gasteiger partial charge in [0.25, 0.3) is 0 Å². The third kappa shape index (κ3) is 2.89. The summed E-state index contributed by atoms with van der Waals surface area (Å²) >= 11 is 0. The molecule has 0 bridgehead atoms. The molecule has 2 heterocycles. The molecule has 98 valence electrons. The molecular formula is C12H16N2O4. The number of amides is 1. The van der Waals surface area contributed by atoms with E-state index in [1.807, 2.05) is 0 Å².